The van der Waals surface area contributed by atoms with Gasteiger partial charge in [-0.25, -0.2) is 15.0 Å². The lowest BCUT2D eigenvalue weighted by Crippen LogP contribution is -2.02. The summed E-state index contributed by atoms with van der Waals surface area (Å²) in [6.45, 7) is 0. The van der Waals surface area contributed by atoms with E-state index in [1.54, 1.807) is 0 Å². The van der Waals surface area contributed by atoms with E-state index < -0.39 is 0 Å². The van der Waals surface area contributed by atoms with Gasteiger partial charge in [0.2, 0.25) is 0 Å². The van der Waals surface area contributed by atoms with Crippen molar-refractivity contribution in [1.82, 2.24) is 19.5 Å². The number of benzene rings is 10. The van der Waals surface area contributed by atoms with E-state index in [-0.39, 0.29) is 0 Å². The molecular weight excluding hydrogens is 845 g/mol. The molecule has 0 fully saturated rings. The van der Waals surface area contributed by atoms with Crippen LogP contribution in [0.1, 0.15) is 0 Å². The molecule has 0 N–H and O–H groups in total. The summed E-state index contributed by atoms with van der Waals surface area (Å²) >= 11 is 1.87. The average Bonchev–Trinajstić information content (AvgIpc) is 3.97. The van der Waals surface area contributed by atoms with E-state index in [0.29, 0.717) is 17.5 Å². The van der Waals surface area contributed by atoms with Gasteiger partial charge < -0.3 is 4.57 Å². The highest BCUT2D eigenvalue weighted by molar-refractivity contribution is 7.26. The van der Waals surface area contributed by atoms with E-state index in [9.17, 15) is 0 Å². The molecule has 318 valence electrons. The van der Waals surface area contributed by atoms with Crippen LogP contribution in [-0.4, -0.2) is 19.5 Å². The fourth-order valence-corrected chi connectivity index (χ4v) is 11.0. The third-order valence-corrected chi connectivity index (χ3v) is 14.3. The van der Waals surface area contributed by atoms with Crippen molar-refractivity contribution >= 4 is 53.3 Å². The fraction of sp³-hybridized carbons (Fsp3) is 0. The quantitative estimate of drug-likeness (QED) is 0.153. The highest BCUT2D eigenvalue weighted by Gasteiger charge is 2.21. The number of hydrogen-bond donors (Lipinski definition) is 0. The largest absolute Gasteiger partial charge is 0.309 e. The van der Waals surface area contributed by atoms with Crippen LogP contribution in [0.2, 0.25) is 0 Å². The first kappa shape index (κ1) is 39.6. The molecule has 10 aromatic carbocycles. The van der Waals surface area contributed by atoms with Gasteiger partial charge in [-0.3, -0.25) is 0 Å². The molecular formula is C63H40N4S. The molecule has 0 amide bonds. The Bertz CT molecular complexity index is 3920. The molecule has 68 heavy (non-hydrogen) atoms. The van der Waals surface area contributed by atoms with Gasteiger partial charge in [0.15, 0.2) is 17.5 Å². The average molecular weight is 885 g/mol. The van der Waals surface area contributed by atoms with Crippen molar-refractivity contribution in [3.63, 3.8) is 0 Å². The Morgan fingerprint density at radius 1 is 0.279 bits per heavy atom. The highest BCUT2D eigenvalue weighted by atomic mass is 32.1. The van der Waals surface area contributed by atoms with E-state index in [2.05, 4.69) is 235 Å². The van der Waals surface area contributed by atoms with Crippen LogP contribution < -0.4 is 0 Å². The van der Waals surface area contributed by atoms with Crippen molar-refractivity contribution in [2.24, 2.45) is 0 Å². The summed E-state index contributed by atoms with van der Waals surface area (Å²) in [7, 11) is 0. The van der Waals surface area contributed by atoms with Gasteiger partial charge in [0.25, 0.3) is 0 Å². The normalized spacial score (nSPS) is 11.5. The van der Waals surface area contributed by atoms with Crippen LogP contribution in [0.4, 0.5) is 0 Å². The molecule has 0 spiro atoms. The van der Waals surface area contributed by atoms with Crippen molar-refractivity contribution in [3.8, 4) is 84.4 Å². The van der Waals surface area contributed by atoms with E-state index in [1.165, 1.54) is 42.1 Å². The summed E-state index contributed by atoms with van der Waals surface area (Å²) in [6.07, 6.45) is 0. The first-order valence-electron chi connectivity index (χ1n) is 22.9. The summed E-state index contributed by atoms with van der Waals surface area (Å²) in [5, 5.41) is 5.01. The number of para-hydroxylation sites is 1. The monoisotopic (exact) mass is 884 g/mol. The molecule has 0 atom stereocenters. The second kappa shape index (κ2) is 16.6. The van der Waals surface area contributed by atoms with Crippen molar-refractivity contribution in [2.75, 3.05) is 0 Å². The molecule has 0 aliphatic heterocycles. The molecule has 0 radical (unpaired) electrons. The van der Waals surface area contributed by atoms with Gasteiger partial charge in [-0.1, -0.05) is 194 Å². The van der Waals surface area contributed by atoms with E-state index >= 15 is 0 Å². The lowest BCUT2D eigenvalue weighted by molar-refractivity contribution is 1.07. The maximum absolute atomic E-state index is 5.30. The van der Waals surface area contributed by atoms with Crippen molar-refractivity contribution < 1.29 is 0 Å². The van der Waals surface area contributed by atoms with Crippen molar-refractivity contribution in [3.05, 3.63) is 243 Å². The van der Waals surface area contributed by atoms with Crippen LogP contribution in [0.5, 0.6) is 0 Å². The minimum absolute atomic E-state index is 0.602. The van der Waals surface area contributed by atoms with Crippen LogP contribution in [-0.2, 0) is 0 Å². The van der Waals surface area contributed by atoms with Crippen LogP contribution in [0.25, 0.3) is 126 Å². The van der Waals surface area contributed by atoms with Gasteiger partial charge in [0.05, 0.1) is 16.7 Å². The second-order valence-corrected chi connectivity index (χ2v) is 18.2. The van der Waals surface area contributed by atoms with E-state index in [0.717, 1.165) is 66.8 Å². The van der Waals surface area contributed by atoms with Crippen molar-refractivity contribution in [2.45, 2.75) is 0 Å². The first-order chi connectivity index (χ1) is 33.7. The van der Waals surface area contributed by atoms with Crippen LogP contribution in [0.15, 0.2) is 243 Å². The Morgan fingerprint density at radius 3 is 1.43 bits per heavy atom. The zero-order valence-electron chi connectivity index (χ0n) is 36.8. The van der Waals surface area contributed by atoms with Crippen LogP contribution in [0, 0.1) is 0 Å². The second-order valence-electron chi connectivity index (χ2n) is 17.2. The minimum atomic E-state index is 0.602. The molecule has 5 heteroatoms. The molecule has 3 aromatic heterocycles. The SMILES string of the molecule is c1ccc(-c2cccc(-c3nc(-c4cccc(-c5ccccc5)c4)nc(-c4ccc(-n5c6ccccc6c6ccc(-c7cccc8c7sc7ccccc78)cc65)c(-c5ccccc5)c4)n3)c2)cc1. The topological polar surface area (TPSA) is 43.6 Å². The lowest BCUT2D eigenvalue weighted by Gasteiger charge is -2.17. The van der Waals surface area contributed by atoms with Crippen LogP contribution >= 0.6 is 11.3 Å². The predicted molar refractivity (Wildman–Crippen MR) is 285 cm³/mol. The summed E-state index contributed by atoms with van der Waals surface area (Å²) in [4.78, 5) is 15.8. The Hall–Kier alpha value is -8.77. The van der Waals surface area contributed by atoms with Gasteiger partial charge in [-0.05, 0) is 87.5 Å². The summed E-state index contributed by atoms with van der Waals surface area (Å²) < 4.78 is 5.05. The van der Waals surface area contributed by atoms with E-state index in [4.69, 9.17) is 15.0 Å². The number of nitrogens with zero attached hydrogens (tertiary/aromatic N) is 4. The first-order valence-corrected chi connectivity index (χ1v) is 23.7. The Morgan fingerprint density at radius 2 is 0.765 bits per heavy atom. The molecule has 13 rings (SSSR count). The molecule has 0 bridgehead atoms. The number of rotatable bonds is 8. The van der Waals surface area contributed by atoms with Gasteiger partial charge in [-0.2, -0.15) is 0 Å². The van der Waals surface area contributed by atoms with Gasteiger partial charge in [-0.15, -0.1) is 11.3 Å². The number of thiophene rings is 1. The standard InChI is InChI=1S/C63H40N4S/c1-4-17-41(18-5-1)44-23-14-25-47(37-44)61-64-62(48-26-15-24-45(38-48)42-19-6-2-7-20-42)66-63(65-61)49-34-36-57(55(39-49)43-21-8-3-9-22-43)67-56-31-12-10-27-51(56)52-35-33-46(40-58(52)67)50-29-16-30-54-53-28-11-13-32-59(53)68-60(50)54/h1-40H. The maximum Gasteiger partial charge on any atom is 0.164 e. The molecule has 0 aliphatic rings. The van der Waals surface area contributed by atoms with Gasteiger partial charge in [0, 0.05) is 53.2 Å². The number of fused-ring (bicyclic) bond motifs is 6. The van der Waals surface area contributed by atoms with Crippen molar-refractivity contribution in [1.29, 1.82) is 0 Å². The number of hydrogen-bond acceptors (Lipinski definition) is 4. The number of aromatic nitrogens is 4. The van der Waals surface area contributed by atoms with Gasteiger partial charge in [0.1, 0.15) is 0 Å². The molecule has 3 heterocycles. The third kappa shape index (κ3) is 6.96. The minimum Gasteiger partial charge on any atom is -0.309 e. The summed E-state index contributed by atoms with van der Waals surface area (Å²) in [5.74, 6) is 1.83. The Kier molecular flexibility index (Phi) is 9.66. The zero-order chi connectivity index (χ0) is 45.0. The zero-order valence-corrected chi connectivity index (χ0v) is 37.6. The highest BCUT2D eigenvalue weighted by Crippen LogP contribution is 2.43. The van der Waals surface area contributed by atoms with Gasteiger partial charge >= 0.3 is 0 Å². The summed E-state index contributed by atoms with van der Waals surface area (Å²) in [5.41, 5.74) is 15.2. The maximum atomic E-state index is 5.30. The Labute approximate surface area is 397 Å². The third-order valence-electron chi connectivity index (χ3n) is 13.1. The molecule has 0 aliphatic carbocycles. The Balaban J connectivity index is 1.01. The predicted octanol–water partition coefficient (Wildman–Crippen LogP) is 17.0. The molecule has 13 aromatic rings. The molecule has 4 nitrogen and oxygen atoms in total. The smallest absolute Gasteiger partial charge is 0.164 e. The molecule has 0 unspecified atom stereocenters. The molecule has 0 saturated carbocycles. The van der Waals surface area contributed by atoms with Crippen LogP contribution in [0.3, 0.4) is 0 Å². The summed E-state index contributed by atoms with van der Waals surface area (Å²) in [6, 6.07) is 86.4. The molecule has 0 saturated heterocycles. The fourth-order valence-electron chi connectivity index (χ4n) is 9.79. The van der Waals surface area contributed by atoms with E-state index in [1.807, 2.05) is 23.5 Å². The lowest BCUT2D eigenvalue weighted by atomic mass is 9.99.